The molecule has 3 aliphatic rings. The molecule has 1 atom stereocenters. The summed E-state index contributed by atoms with van der Waals surface area (Å²) in [6.45, 7) is 10.2. The number of ether oxygens (including phenoxy) is 1. The maximum atomic E-state index is 13.1. The summed E-state index contributed by atoms with van der Waals surface area (Å²) in [5.41, 5.74) is 5.05. The Hall–Kier alpha value is -3.09. The first-order chi connectivity index (χ1) is 16.1. The molecule has 1 saturated heterocycles. The molecule has 7 nitrogen and oxygen atoms in total. The first-order valence-electron chi connectivity index (χ1n) is 12.3. The van der Waals surface area contributed by atoms with Crippen LogP contribution in [0.2, 0.25) is 0 Å². The molecule has 0 bridgehead atoms. The summed E-state index contributed by atoms with van der Waals surface area (Å²) < 4.78 is 5.70. The molecule has 2 aliphatic heterocycles. The van der Waals surface area contributed by atoms with Crippen LogP contribution in [0, 0.1) is 5.41 Å². The molecule has 0 spiro atoms. The van der Waals surface area contributed by atoms with Crippen LogP contribution in [-0.4, -0.2) is 47.3 Å². The molecule has 34 heavy (non-hydrogen) atoms. The van der Waals surface area contributed by atoms with E-state index in [0.717, 1.165) is 22.5 Å². The summed E-state index contributed by atoms with van der Waals surface area (Å²) in [5, 5.41) is 15.1. The van der Waals surface area contributed by atoms with Gasteiger partial charge in [-0.25, -0.2) is 4.79 Å². The van der Waals surface area contributed by atoms with Crippen LogP contribution in [0.4, 0.5) is 10.5 Å². The van der Waals surface area contributed by atoms with Gasteiger partial charge in [0.1, 0.15) is 11.3 Å². The van der Waals surface area contributed by atoms with Crippen molar-refractivity contribution in [1.29, 1.82) is 5.41 Å². The average molecular weight is 465 g/mol. The van der Waals surface area contributed by atoms with Crippen LogP contribution in [0.15, 0.2) is 46.7 Å². The first kappa shape index (κ1) is 24.0. The van der Waals surface area contributed by atoms with Gasteiger partial charge in [-0.15, -0.1) is 0 Å². The number of hydrogen-bond donors (Lipinski definition) is 3. The predicted molar refractivity (Wildman–Crippen MR) is 134 cm³/mol. The van der Waals surface area contributed by atoms with Gasteiger partial charge in [-0.3, -0.25) is 15.1 Å². The number of fused-ring (bicyclic) bond motifs is 1. The molecule has 1 aliphatic carbocycles. The number of allylic oxidation sites excluding steroid dienone is 1. The largest absolute Gasteiger partial charge is 0.444 e. The number of nitrogens with zero attached hydrogens (tertiary/aromatic N) is 1. The highest BCUT2D eigenvalue weighted by Crippen LogP contribution is 2.40. The second-order valence-electron chi connectivity index (χ2n) is 10.4. The van der Waals surface area contributed by atoms with Crippen LogP contribution in [-0.2, 0) is 9.53 Å². The molecule has 1 aromatic rings. The molecular weight excluding hydrogens is 428 g/mol. The summed E-state index contributed by atoms with van der Waals surface area (Å²) >= 11 is 0. The van der Waals surface area contributed by atoms with Crippen LogP contribution in [0.25, 0.3) is 0 Å². The topological polar surface area (TPSA) is 94.5 Å². The number of rotatable bonds is 4. The fraction of sp³-hybridized carbons (Fsp3) is 0.519. The number of hydrogen-bond acceptors (Lipinski definition) is 5. The number of carbonyl (C=O) groups excluding carboxylic acids is 2. The molecule has 1 saturated carbocycles. The van der Waals surface area contributed by atoms with Crippen LogP contribution in [0.3, 0.4) is 0 Å². The van der Waals surface area contributed by atoms with E-state index in [1.165, 1.54) is 18.4 Å². The maximum absolute atomic E-state index is 13.1. The van der Waals surface area contributed by atoms with Crippen LogP contribution in [0.1, 0.15) is 71.8 Å². The quantitative estimate of drug-likeness (QED) is 0.577. The van der Waals surface area contributed by atoms with E-state index in [0.29, 0.717) is 30.9 Å². The highest BCUT2D eigenvalue weighted by atomic mass is 16.6. The van der Waals surface area contributed by atoms with Gasteiger partial charge in [0.2, 0.25) is 0 Å². The van der Waals surface area contributed by atoms with Gasteiger partial charge in [-0.1, -0.05) is 24.6 Å². The Morgan fingerprint density at radius 3 is 2.50 bits per heavy atom. The smallest absolute Gasteiger partial charge is 0.410 e. The van der Waals surface area contributed by atoms with Crippen molar-refractivity contribution in [1.82, 2.24) is 10.2 Å². The Morgan fingerprint density at radius 2 is 1.91 bits per heavy atom. The van der Waals surface area contributed by atoms with Crippen molar-refractivity contribution >= 4 is 23.4 Å². The van der Waals surface area contributed by atoms with E-state index in [1.807, 2.05) is 34.6 Å². The van der Waals surface area contributed by atoms with E-state index in [2.05, 4.69) is 34.9 Å². The van der Waals surface area contributed by atoms with Crippen molar-refractivity contribution in [2.45, 2.75) is 77.9 Å². The predicted octanol–water partition coefficient (Wildman–Crippen LogP) is 5.12. The first-order valence-corrected chi connectivity index (χ1v) is 12.3. The molecule has 2 fully saturated rings. The van der Waals surface area contributed by atoms with Gasteiger partial charge in [-0.05, 0) is 70.6 Å². The standard InChI is InChI=1S/C27H36N4O3/c1-6-16(2)22-23-20(30-19-11-9-18(10-12-19)17-7-8-17)13-14-31(26(33)34-27(3,4)5)21(23)15-29-25(32)24(22)28/h9-12,17,21,28,30H,6-8,13-15H2,1-5H3,(H,29,32). The third-order valence-electron chi connectivity index (χ3n) is 6.68. The fourth-order valence-corrected chi connectivity index (χ4v) is 4.65. The lowest BCUT2D eigenvalue weighted by Crippen LogP contribution is -2.51. The number of amides is 2. The SMILES string of the molecule is CCC(C)=C1C(=N)C(=O)NCC2C1=C(Nc1ccc(C3CC3)cc1)CCN2C(=O)OC(C)(C)C. The van der Waals surface area contributed by atoms with E-state index in [-0.39, 0.29) is 12.3 Å². The number of benzene rings is 1. The fourth-order valence-electron chi connectivity index (χ4n) is 4.65. The third-order valence-corrected chi connectivity index (χ3v) is 6.68. The summed E-state index contributed by atoms with van der Waals surface area (Å²) in [6, 6.07) is 8.12. The Balaban J connectivity index is 1.77. The van der Waals surface area contributed by atoms with Crippen LogP contribution in [0.5, 0.6) is 0 Å². The molecule has 7 heteroatoms. The Labute approximate surface area is 202 Å². The summed E-state index contributed by atoms with van der Waals surface area (Å²) in [6.07, 6.45) is 3.41. The average Bonchev–Trinajstić information content (AvgIpc) is 3.63. The van der Waals surface area contributed by atoms with E-state index in [9.17, 15) is 9.59 Å². The van der Waals surface area contributed by atoms with E-state index in [4.69, 9.17) is 10.1 Å². The van der Waals surface area contributed by atoms with E-state index < -0.39 is 23.6 Å². The molecule has 2 amide bonds. The molecule has 1 unspecified atom stereocenters. The normalized spacial score (nSPS) is 22.6. The summed E-state index contributed by atoms with van der Waals surface area (Å²) in [7, 11) is 0. The van der Waals surface area contributed by atoms with E-state index >= 15 is 0 Å². The van der Waals surface area contributed by atoms with Crippen molar-refractivity contribution in [2.75, 3.05) is 18.4 Å². The van der Waals surface area contributed by atoms with Gasteiger partial charge in [0.15, 0.2) is 0 Å². The lowest BCUT2D eigenvalue weighted by molar-refractivity contribution is -0.114. The molecule has 182 valence electrons. The molecule has 4 rings (SSSR count). The van der Waals surface area contributed by atoms with Crippen molar-refractivity contribution in [3.63, 3.8) is 0 Å². The highest BCUT2D eigenvalue weighted by molar-refractivity contribution is 6.45. The van der Waals surface area contributed by atoms with Gasteiger partial charge in [0.05, 0.1) is 6.04 Å². The number of nitrogens with one attached hydrogen (secondary N) is 3. The zero-order valence-corrected chi connectivity index (χ0v) is 20.9. The van der Waals surface area contributed by atoms with Crippen LogP contribution < -0.4 is 10.6 Å². The number of carbonyl (C=O) groups is 2. The minimum Gasteiger partial charge on any atom is -0.444 e. The summed E-state index contributed by atoms with van der Waals surface area (Å²) in [5.74, 6) is 0.278. The maximum Gasteiger partial charge on any atom is 0.410 e. The second-order valence-corrected chi connectivity index (χ2v) is 10.4. The van der Waals surface area contributed by atoms with Crippen molar-refractivity contribution in [2.24, 2.45) is 0 Å². The Bertz CT molecular complexity index is 1060. The second kappa shape index (κ2) is 9.28. The molecule has 1 aromatic carbocycles. The van der Waals surface area contributed by atoms with Crippen molar-refractivity contribution in [3.8, 4) is 0 Å². The van der Waals surface area contributed by atoms with E-state index in [1.54, 1.807) is 4.90 Å². The van der Waals surface area contributed by atoms with Crippen LogP contribution >= 0.6 is 0 Å². The molecule has 3 N–H and O–H groups in total. The zero-order valence-electron chi connectivity index (χ0n) is 20.9. The Kier molecular flexibility index (Phi) is 6.56. The van der Waals surface area contributed by atoms with Gasteiger partial charge >= 0.3 is 6.09 Å². The van der Waals surface area contributed by atoms with Crippen molar-refractivity contribution in [3.05, 3.63) is 52.2 Å². The van der Waals surface area contributed by atoms with Gasteiger partial charge < -0.3 is 15.4 Å². The van der Waals surface area contributed by atoms with Gasteiger partial charge in [0, 0.05) is 42.0 Å². The summed E-state index contributed by atoms with van der Waals surface area (Å²) in [4.78, 5) is 27.6. The lowest BCUT2D eigenvalue weighted by Gasteiger charge is -2.39. The minimum absolute atomic E-state index is 0.0497. The van der Waals surface area contributed by atoms with Crippen molar-refractivity contribution < 1.29 is 14.3 Å². The minimum atomic E-state index is -0.624. The molecule has 2 heterocycles. The molecule has 0 aromatic heterocycles. The number of anilines is 1. The van der Waals surface area contributed by atoms with Gasteiger partial charge in [-0.2, -0.15) is 0 Å². The molecular formula is C27H36N4O3. The van der Waals surface area contributed by atoms with Gasteiger partial charge in [0.25, 0.3) is 5.91 Å². The lowest BCUT2D eigenvalue weighted by atomic mass is 9.85. The third kappa shape index (κ3) is 5.03. The highest BCUT2D eigenvalue weighted by Gasteiger charge is 2.41. The Morgan fingerprint density at radius 1 is 1.24 bits per heavy atom. The monoisotopic (exact) mass is 464 g/mol. The molecule has 0 radical (unpaired) electrons. The zero-order chi connectivity index (χ0) is 24.6.